The summed E-state index contributed by atoms with van der Waals surface area (Å²) in [5.41, 5.74) is 0.968. The molecule has 1 heterocycles. The van der Waals surface area contributed by atoms with Gasteiger partial charge in [-0.1, -0.05) is 6.07 Å². The molecule has 1 amide bonds. The van der Waals surface area contributed by atoms with Gasteiger partial charge < -0.3 is 10.1 Å². The van der Waals surface area contributed by atoms with Gasteiger partial charge in [-0.2, -0.15) is 5.10 Å². The van der Waals surface area contributed by atoms with Gasteiger partial charge in [-0.3, -0.25) is 9.59 Å². The van der Waals surface area contributed by atoms with Gasteiger partial charge in [0.1, 0.15) is 23.4 Å². The number of carbonyl (C=O) groups excluding carboxylic acids is 1. The molecule has 2 aromatic carbocycles. The second-order valence-electron chi connectivity index (χ2n) is 6.59. The second kappa shape index (κ2) is 9.30. The van der Waals surface area contributed by atoms with E-state index in [1.807, 2.05) is 19.1 Å². The number of nitrogens with zero attached hydrogens (tertiary/aromatic N) is 2. The zero-order valence-corrected chi connectivity index (χ0v) is 16.6. The normalized spacial score (nSPS) is 11.7. The molecule has 0 aliphatic rings. The van der Waals surface area contributed by atoms with Gasteiger partial charge in [-0.15, -0.1) is 0 Å². The van der Waals surface area contributed by atoms with E-state index in [4.69, 9.17) is 4.74 Å². The number of rotatable bonds is 7. The highest BCUT2D eigenvalue weighted by Crippen LogP contribution is 2.20. The molecule has 6 nitrogen and oxygen atoms in total. The molecule has 3 rings (SSSR count). The Bertz CT molecular complexity index is 1100. The third kappa shape index (κ3) is 4.89. The first-order chi connectivity index (χ1) is 14.4. The van der Waals surface area contributed by atoms with E-state index in [1.54, 1.807) is 18.2 Å². The first kappa shape index (κ1) is 21.2. The largest absolute Gasteiger partial charge is 0.494 e. The molecule has 8 heteroatoms. The van der Waals surface area contributed by atoms with Gasteiger partial charge in [0.25, 0.3) is 5.56 Å². The molecule has 0 bridgehead atoms. The summed E-state index contributed by atoms with van der Waals surface area (Å²) in [4.78, 5) is 24.7. The summed E-state index contributed by atoms with van der Waals surface area (Å²) in [5, 5.41) is 6.85. The predicted octanol–water partition coefficient (Wildman–Crippen LogP) is 3.46. The summed E-state index contributed by atoms with van der Waals surface area (Å²) in [5.74, 6) is -1.25. The second-order valence-corrected chi connectivity index (χ2v) is 6.59. The molecule has 0 aliphatic carbocycles. The molecule has 0 saturated heterocycles. The van der Waals surface area contributed by atoms with Crippen LogP contribution < -0.4 is 15.6 Å². The Hall–Kier alpha value is -3.55. The lowest BCUT2D eigenvalue weighted by Crippen LogP contribution is -2.36. The highest BCUT2D eigenvalue weighted by atomic mass is 19.1. The Kier molecular flexibility index (Phi) is 6.56. The maximum absolute atomic E-state index is 13.7. The highest BCUT2D eigenvalue weighted by molar-refractivity contribution is 5.79. The molecule has 1 unspecified atom stereocenters. The van der Waals surface area contributed by atoms with Crippen LogP contribution in [0.4, 0.5) is 8.78 Å². The zero-order chi connectivity index (χ0) is 21.7. The van der Waals surface area contributed by atoms with Crippen LogP contribution in [0.2, 0.25) is 0 Å². The summed E-state index contributed by atoms with van der Waals surface area (Å²) in [7, 11) is 0. The molecular weight excluding hydrogens is 392 g/mol. The number of halogens is 2. The average molecular weight is 413 g/mol. The van der Waals surface area contributed by atoms with E-state index in [1.165, 1.54) is 19.1 Å². The zero-order valence-electron chi connectivity index (χ0n) is 16.6. The van der Waals surface area contributed by atoms with E-state index in [9.17, 15) is 18.4 Å². The summed E-state index contributed by atoms with van der Waals surface area (Å²) in [6.07, 6.45) is 0. The van der Waals surface area contributed by atoms with E-state index >= 15 is 0 Å². The number of aromatic nitrogens is 2. The topological polar surface area (TPSA) is 73.2 Å². The van der Waals surface area contributed by atoms with E-state index in [0.717, 1.165) is 28.1 Å². The SMILES string of the molecule is CCOc1ccc(-c2ccc(=O)n(C(C)C(=O)NCc3ccc(F)cc3F)n2)cc1. The molecule has 1 aromatic heterocycles. The van der Waals surface area contributed by atoms with Crippen LogP contribution in [0.15, 0.2) is 59.4 Å². The molecular formula is C22H21F2N3O3. The Balaban J connectivity index is 1.76. The van der Waals surface area contributed by atoms with Crippen LogP contribution in [0.25, 0.3) is 11.3 Å². The number of hydrogen-bond donors (Lipinski definition) is 1. The number of nitrogens with one attached hydrogen (secondary N) is 1. The van der Waals surface area contributed by atoms with Crippen LogP contribution in [0.5, 0.6) is 5.75 Å². The molecule has 156 valence electrons. The number of amides is 1. The summed E-state index contributed by atoms with van der Waals surface area (Å²) in [6.45, 7) is 3.83. The van der Waals surface area contributed by atoms with Crippen molar-refractivity contribution in [3.63, 3.8) is 0 Å². The average Bonchev–Trinajstić information content (AvgIpc) is 2.73. The van der Waals surface area contributed by atoms with Gasteiger partial charge in [-0.25, -0.2) is 13.5 Å². The van der Waals surface area contributed by atoms with Crippen LogP contribution in [0.1, 0.15) is 25.5 Å². The molecule has 3 aromatic rings. The minimum Gasteiger partial charge on any atom is -0.494 e. The lowest BCUT2D eigenvalue weighted by atomic mass is 10.1. The monoisotopic (exact) mass is 413 g/mol. The third-order valence-corrected chi connectivity index (χ3v) is 4.50. The molecule has 1 atom stereocenters. The molecule has 0 fully saturated rings. The van der Waals surface area contributed by atoms with Crippen LogP contribution in [-0.2, 0) is 11.3 Å². The minimum atomic E-state index is -0.927. The van der Waals surface area contributed by atoms with Crippen LogP contribution in [0.3, 0.4) is 0 Å². The van der Waals surface area contributed by atoms with Crippen molar-refractivity contribution in [1.82, 2.24) is 15.1 Å². The maximum atomic E-state index is 13.7. The van der Waals surface area contributed by atoms with Gasteiger partial charge in [0.2, 0.25) is 5.91 Å². The molecule has 0 aliphatic heterocycles. The van der Waals surface area contributed by atoms with E-state index in [-0.39, 0.29) is 12.1 Å². The molecule has 0 saturated carbocycles. The minimum absolute atomic E-state index is 0.136. The highest BCUT2D eigenvalue weighted by Gasteiger charge is 2.18. The van der Waals surface area contributed by atoms with Gasteiger partial charge in [0, 0.05) is 29.8 Å². The van der Waals surface area contributed by atoms with Crippen molar-refractivity contribution in [2.24, 2.45) is 0 Å². The Morgan fingerprint density at radius 2 is 1.87 bits per heavy atom. The Labute approximate surface area is 172 Å². The van der Waals surface area contributed by atoms with E-state index in [2.05, 4.69) is 10.4 Å². The molecule has 0 spiro atoms. The van der Waals surface area contributed by atoms with Crippen molar-refractivity contribution < 1.29 is 18.3 Å². The molecule has 1 N–H and O–H groups in total. The van der Waals surface area contributed by atoms with E-state index < -0.39 is 29.1 Å². The first-order valence-electron chi connectivity index (χ1n) is 9.43. The molecule has 0 radical (unpaired) electrons. The smallest absolute Gasteiger partial charge is 0.267 e. The van der Waals surface area contributed by atoms with Crippen molar-refractivity contribution in [3.05, 3.63) is 82.1 Å². The lowest BCUT2D eigenvalue weighted by molar-refractivity contribution is -0.124. The van der Waals surface area contributed by atoms with Crippen molar-refractivity contribution in [2.75, 3.05) is 6.61 Å². The fourth-order valence-corrected chi connectivity index (χ4v) is 2.85. The van der Waals surface area contributed by atoms with E-state index in [0.29, 0.717) is 12.3 Å². The van der Waals surface area contributed by atoms with Gasteiger partial charge in [0.05, 0.1) is 12.3 Å². The number of ether oxygens (including phenoxy) is 1. The van der Waals surface area contributed by atoms with Gasteiger partial charge >= 0.3 is 0 Å². The van der Waals surface area contributed by atoms with Crippen molar-refractivity contribution in [3.8, 4) is 17.0 Å². The Morgan fingerprint density at radius 1 is 1.13 bits per heavy atom. The van der Waals surface area contributed by atoms with Crippen molar-refractivity contribution in [1.29, 1.82) is 0 Å². The van der Waals surface area contributed by atoms with Gasteiger partial charge in [-0.05, 0) is 50.2 Å². The summed E-state index contributed by atoms with van der Waals surface area (Å²) in [6, 6.07) is 12.3. The Morgan fingerprint density at radius 3 is 2.53 bits per heavy atom. The van der Waals surface area contributed by atoms with Gasteiger partial charge in [0.15, 0.2) is 0 Å². The standard InChI is InChI=1S/C22H21F2N3O3/c1-3-30-18-8-5-15(6-9-18)20-10-11-21(28)27(26-20)14(2)22(29)25-13-16-4-7-17(23)12-19(16)24/h4-12,14H,3,13H2,1-2H3,(H,25,29). The molecule has 30 heavy (non-hydrogen) atoms. The maximum Gasteiger partial charge on any atom is 0.267 e. The lowest BCUT2D eigenvalue weighted by Gasteiger charge is -2.15. The van der Waals surface area contributed by atoms with Crippen LogP contribution in [-0.4, -0.2) is 22.3 Å². The summed E-state index contributed by atoms with van der Waals surface area (Å²) >= 11 is 0. The van der Waals surface area contributed by atoms with Crippen molar-refractivity contribution in [2.45, 2.75) is 26.4 Å². The van der Waals surface area contributed by atoms with Crippen molar-refractivity contribution >= 4 is 5.91 Å². The quantitative estimate of drug-likeness (QED) is 0.644. The summed E-state index contributed by atoms with van der Waals surface area (Å²) < 4.78 is 33.2. The number of benzene rings is 2. The predicted molar refractivity (Wildman–Crippen MR) is 108 cm³/mol. The number of carbonyl (C=O) groups is 1. The van der Waals surface area contributed by atoms with Crippen LogP contribution >= 0.6 is 0 Å². The van der Waals surface area contributed by atoms with Crippen LogP contribution in [0, 0.1) is 11.6 Å². The fourth-order valence-electron chi connectivity index (χ4n) is 2.85. The number of hydrogen-bond acceptors (Lipinski definition) is 4. The fraction of sp³-hybridized carbons (Fsp3) is 0.227. The third-order valence-electron chi connectivity index (χ3n) is 4.50. The first-order valence-corrected chi connectivity index (χ1v) is 9.43.